The minimum Gasteiger partial charge on any atom is -0.382 e. The SMILES string of the molecule is Cc1cc(F)c(-c2nc(N)nc(N)c2C#N)cc1Cl. The Balaban J connectivity index is 2.79. The maximum absolute atomic E-state index is 14.0. The number of aromatic nitrogens is 2. The van der Waals surface area contributed by atoms with E-state index in [1.165, 1.54) is 12.1 Å². The molecule has 0 saturated carbocycles. The minimum absolute atomic E-state index is 0.0342. The van der Waals surface area contributed by atoms with Crippen molar-refractivity contribution in [2.45, 2.75) is 6.92 Å². The number of aryl methyl sites for hydroxylation is 1. The van der Waals surface area contributed by atoms with Crippen LogP contribution in [-0.2, 0) is 0 Å². The summed E-state index contributed by atoms with van der Waals surface area (Å²) in [5.74, 6) is -0.792. The second-order valence-electron chi connectivity index (χ2n) is 3.88. The second kappa shape index (κ2) is 4.71. The molecule has 1 aromatic heterocycles. The monoisotopic (exact) mass is 277 g/mol. The van der Waals surface area contributed by atoms with Gasteiger partial charge in [-0.2, -0.15) is 10.2 Å². The Bertz CT molecular complexity index is 708. The molecule has 0 fully saturated rings. The van der Waals surface area contributed by atoms with Crippen molar-refractivity contribution < 1.29 is 4.39 Å². The lowest BCUT2D eigenvalue weighted by Crippen LogP contribution is -2.05. The van der Waals surface area contributed by atoms with E-state index in [9.17, 15) is 4.39 Å². The van der Waals surface area contributed by atoms with Crippen LogP contribution in [0.4, 0.5) is 16.2 Å². The Hall–Kier alpha value is -2.39. The van der Waals surface area contributed by atoms with Crippen molar-refractivity contribution >= 4 is 23.4 Å². The molecule has 0 bridgehead atoms. The van der Waals surface area contributed by atoms with Gasteiger partial charge in [-0.05, 0) is 24.6 Å². The smallest absolute Gasteiger partial charge is 0.222 e. The third-order valence-corrected chi connectivity index (χ3v) is 2.98. The summed E-state index contributed by atoms with van der Waals surface area (Å²) in [4.78, 5) is 7.54. The Morgan fingerprint density at radius 2 is 2.00 bits per heavy atom. The van der Waals surface area contributed by atoms with E-state index in [-0.39, 0.29) is 28.6 Å². The molecule has 4 N–H and O–H groups in total. The molecule has 0 unspecified atom stereocenters. The van der Waals surface area contributed by atoms with E-state index in [1.807, 2.05) is 6.07 Å². The quantitative estimate of drug-likeness (QED) is 0.832. The maximum Gasteiger partial charge on any atom is 0.222 e. The summed E-state index contributed by atoms with van der Waals surface area (Å²) >= 11 is 5.96. The zero-order valence-corrected chi connectivity index (χ0v) is 10.7. The highest BCUT2D eigenvalue weighted by atomic mass is 35.5. The summed E-state index contributed by atoms with van der Waals surface area (Å²) in [6.45, 7) is 1.67. The molecule has 0 saturated heterocycles. The zero-order valence-electron chi connectivity index (χ0n) is 9.91. The van der Waals surface area contributed by atoms with Crippen LogP contribution in [0.3, 0.4) is 0 Å². The molecule has 0 amide bonds. The molecule has 96 valence electrons. The van der Waals surface area contributed by atoms with Gasteiger partial charge in [0.15, 0.2) is 0 Å². The van der Waals surface area contributed by atoms with Crippen LogP contribution in [-0.4, -0.2) is 9.97 Å². The van der Waals surface area contributed by atoms with Gasteiger partial charge in [-0.3, -0.25) is 0 Å². The van der Waals surface area contributed by atoms with Crippen LogP contribution in [0.2, 0.25) is 5.02 Å². The normalized spacial score (nSPS) is 10.2. The molecule has 0 spiro atoms. The Kier molecular flexibility index (Phi) is 3.23. The molecule has 0 aliphatic rings. The van der Waals surface area contributed by atoms with Crippen molar-refractivity contribution in [2.75, 3.05) is 11.5 Å². The van der Waals surface area contributed by atoms with Gasteiger partial charge in [0, 0.05) is 10.6 Å². The molecule has 0 aliphatic carbocycles. The molecular weight excluding hydrogens is 269 g/mol. The Labute approximate surface area is 113 Å². The van der Waals surface area contributed by atoms with Gasteiger partial charge in [0.25, 0.3) is 0 Å². The number of hydrogen-bond acceptors (Lipinski definition) is 5. The number of nitrogens with zero attached hydrogens (tertiary/aromatic N) is 3. The molecule has 2 aromatic rings. The number of nitriles is 1. The number of anilines is 2. The van der Waals surface area contributed by atoms with Gasteiger partial charge < -0.3 is 11.5 Å². The van der Waals surface area contributed by atoms with Crippen LogP contribution < -0.4 is 11.5 Å². The lowest BCUT2D eigenvalue weighted by Gasteiger charge is -2.09. The molecule has 0 radical (unpaired) electrons. The standard InChI is InChI=1S/C12H9ClFN5/c1-5-2-9(14)6(3-8(5)13)10-7(4-15)11(16)19-12(17)18-10/h2-3H,1H3,(H4,16,17,18,19). The molecule has 1 heterocycles. The third kappa shape index (κ3) is 2.28. The fourth-order valence-corrected chi connectivity index (χ4v) is 1.79. The van der Waals surface area contributed by atoms with Gasteiger partial charge in [0.2, 0.25) is 5.95 Å². The highest BCUT2D eigenvalue weighted by Crippen LogP contribution is 2.31. The summed E-state index contributed by atoms with van der Waals surface area (Å²) in [5.41, 5.74) is 11.7. The number of nitrogens with two attached hydrogens (primary N) is 2. The highest BCUT2D eigenvalue weighted by Gasteiger charge is 2.17. The van der Waals surface area contributed by atoms with Crippen molar-refractivity contribution in [1.82, 2.24) is 9.97 Å². The molecular formula is C12H9ClFN5. The number of rotatable bonds is 1. The van der Waals surface area contributed by atoms with Crippen LogP contribution in [0, 0.1) is 24.1 Å². The molecule has 5 nitrogen and oxygen atoms in total. The largest absolute Gasteiger partial charge is 0.382 e. The number of hydrogen-bond donors (Lipinski definition) is 2. The molecule has 19 heavy (non-hydrogen) atoms. The maximum atomic E-state index is 14.0. The summed E-state index contributed by atoms with van der Waals surface area (Å²) in [7, 11) is 0. The van der Waals surface area contributed by atoms with Crippen LogP contribution in [0.1, 0.15) is 11.1 Å². The third-order valence-electron chi connectivity index (χ3n) is 2.57. The first-order chi connectivity index (χ1) is 8.93. The van der Waals surface area contributed by atoms with Crippen LogP contribution in [0.5, 0.6) is 0 Å². The average Bonchev–Trinajstić information content (AvgIpc) is 2.33. The molecule has 0 atom stereocenters. The zero-order chi connectivity index (χ0) is 14.2. The lowest BCUT2D eigenvalue weighted by molar-refractivity contribution is 0.629. The van der Waals surface area contributed by atoms with E-state index in [0.717, 1.165) is 0 Å². The Morgan fingerprint density at radius 1 is 1.32 bits per heavy atom. The predicted octanol–water partition coefficient (Wildman–Crippen LogP) is 2.28. The lowest BCUT2D eigenvalue weighted by atomic mass is 10.0. The highest BCUT2D eigenvalue weighted by molar-refractivity contribution is 6.31. The summed E-state index contributed by atoms with van der Waals surface area (Å²) in [5, 5.41) is 9.42. The topological polar surface area (TPSA) is 102 Å². The minimum atomic E-state index is -0.559. The predicted molar refractivity (Wildman–Crippen MR) is 70.7 cm³/mol. The van der Waals surface area contributed by atoms with Gasteiger partial charge in [0.1, 0.15) is 23.3 Å². The van der Waals surface area contributed by atoms with Gasteiger partial charge in [-0.15, -0.1) is 0 Å². The molecule has 1 aromatic carbocycles. The summed E-state index contributed by atoms with van der Waals surface area (Å²) < 4.78 is 14.0. The van der Waals surface area contributed by atoms with E-state index < -0.39 is 5.82 Å². The Morgan fingerprint density at radius 3 is 2.63 bits per heavy atom. The first-order valence-corrected chi connectivity index (χ1v) is 5.61. The van der Waals surface area contributed by atoms with Crippen molar-refractivity contribution in [3.8, 4) is 17.3 Å². The molecule has 0 aliphatic heterocycles. The first-order valence-electron chi connectivity index (χ1n) is 5.23. The van der Waals surface area contributed by atoms with Crippen molar-refractivity contribution in [1.29, 1.82) is 5.26 Å². The number of nitrogen functional groups attached to an aromatic ring is 2. The van der Waals surface area contributed by atoms with Gasteiger partial charge in [-0.1, -0.05) is 11.6 Å². The van der Waals surface area contributed by atoms with Crippen LogP contribution in [0.15, 0.2) is 12.1 Å². The van der Waals surface area contributed by atoms with Crippen LogP contribution in [0.25, 0.3) is 11.3 Å². The van der Waals surface area contributed by atoms with Gasteiger partial charge in [0.05, 0.1) is 5.69 Å². The molecule has 2 rings (SSSR count). The summed E-state index contributed by atoms with van der Waals surface area (Å²) in [6, 6.07) is 4.48. The second-order valence-corrected chi connectivity index (χ2v) is 4.29. The van der Waals surface area contributed by atoms with E-state index in [1.54, 1.807) is 6.92 Å². The van der Waals surface area contributed by atoms with E-state index in [0.29, 0.717) is 10.6 Å². The fourth-order valence-electron chi connectivity index (χ4n) is 1.63. The average molecular weight is 278 g/mol. The fraction of sp³-hybridized carbons (Fsp3) is 0.0833. The molecule has 7 heteroatoms. The number of halogens is 2. The number of benzene rings is 1. The van der Waals surface area contributed by atoms with E-state index in [2.05, 4.69) is 9.97 Å². The van der Waals surface area contributed by atoms with Gasteiger partial charge >= 0.3 is 0 Å². The first kappa shape index (κ1) is 13.1. The van der Waals surface area contributed by atoms with Crippen molar-refractivity contribution in [2.24, 2.45) is 0 Å². The van der Waals surface area contributed by atoms with Crippen LogP contribution >= 0.6 is 11.6 Å². The van der Waals surface area contributed by atoms with E-state index >= 15 is 0 Å². The van der Waals surface area contributed by atoms with E-state index in [4.69, 9.17) is 28.3 Å². The summed E-state index contributed by atoms with van der Waals surface area (Å²) in [6.07, 6.45) is 0. The van der Waals surface area contributed by atoms with Crippen molar-refractivity contribution in [3.05, 3.63) is 34.1 Å². The van der Waals surface area contributed by atoms with Crippen molar-refractivity contribution in [3.63, 3.8) is 0 Å². The van der Waals surface area contributed by atoms with Gasteiger partial charge in [-0.25, -0.2) is 9.37 Å².